The molecule has 1 N–H and O–H groups in total. The highest BCUT2D eigenvalue weighted by molar-refractivity contribution is 7.89. The van der Waals surface area contributed by atoms with Gasteiger partial charge in [-0.05, 0) is 42.8 Å². The summed E-state index contributed by atoms with van der Waals surface area (Å²) in [5.74, 6) is -1.39. The number of nitrogens with one attached hydrogen (secondary N) is 1. The zero-order valence-corrected chi connectivity index (χ0v) is 15.1. The van der Waals surface area contributed by atoms with Crippen molar-refractivity contribution in [3.63, 3.8) is 0 Å². The lowest BCUT2D eigenvalue weighted by Gasteiger charge is -2.26. The lowest BCUT2D eigenvalue weighted by atomic mass is 10.2. The Balaban J connectivity index is 1.88. The Bertz CT molecular complexity index is 925. The van der Waals surface area contributed by atoms with Gasteiger partial charge in [0.15, 0.2) is 0 Å². The Labute approximate surface area is 151 Å². The van der Waals surface area contributed by atoms with Crippen LogP contribution in [0.3, 0.4) is 0 Å². The van der Waals surface area contributed by atoms with Crippen LogP contribution >= 0.6 is 0 Å². The maximum Gasteiger partial charge on any atom is 0.255 e. The first-order valence-electron chi connectivity index (χ1n) is 8.13. The molecule has 0 bridgehead atoms. The summed E-state index contributed by atoms with van der Waals surface area (Å²) >= 11 is 0. The second kappa shape index (κ2) is 7.53. The molecular formula is C18H19FN2O4S. The van der Waals surface area contributed by atoms with E-state index in [1.54, 1.807) is 18.2 Å². The van der Waals surface area contributed by atoms with Crippen LogP contribution in [0, 0.1) is 12.7 Å². The van der Waals surface area contributed by atoms with E-state index in [4.69, 9.17) is 4.74 Å². The van der Waals surface area contributed by atoms with E-state index >= 15 is 0 Å². The number of amides is 1. The molecule has 26 heavy (non-hydrogen) atoms. The van der Waals surface area contributed by atoms with Gasteiger partial charge in [-0.25, -0.2) is 12.8 Å². The van der Waals surface area contributed by atoms with Crippen molar-refractivity contribution in [3.8, 4) is 0 Å². The molecule has 2 aromatic rings. The Morgan fingerprint density at radius 1 is 1.15 bits per heavy atom. The van der Waals surface area contributed by atoms with E-state index in [2.05, 4.69) is 5.32 Å². The quantitative estimate of drug-likeness (QED) is 0.887. The Kier molecular flexibility index (Phi) is 5.36. The number of carbonyl (C=O) groups excluding carboxylic acids is 1. The van der Waals surface area contributed by atoms with Crippen molar-refractivity contribution in [2.24, 2.45) is 0 Å². The van der Waals surface area contributed by atoms with E-state index in [1.807, 2.05) is 13.0 Å². The second-order valence-electron chi connectivity index (χ2n) is 5.99. The number of sulfonamides is 1. The van der Waals surface area contributed by atoms with Gasteiger partial charge >= 0.3 is 0 Å². The minimum absolute atomic E-state index is 0.0692. The molecule has 1 aliphatic heterocycles. The highest BCUT2D eigenvalue weighted by Gasteiger charge is 2.29. The largest absolute Gasteiger partial charge is 0.379 e. The van der Waals surface area contributed by atoms with Crippen molar-refractivity contribution < 1.29 is 22.3 Å². The summed E-state index contributed by atoms with van der Waals surface area (Å²) in [6.45, 7) is 2.71. The number of benzene rings is 2. The minimum atomic E-state index is -4.03. The average molecular weight is 378 g/mol. The molecule has 0 spiro atoms. The Morgan fingerprint density at radius 2 is 1.88 bits per heavy atom. The third-order valence-corrected chi connectivity index (χ3v) is 5.97. The number of nitrogens with zero attached hydrogens (tertiary/aromatic N) is 1. The summed E-state index contributed by atoms with van der Waals surface area (Å²) in [4.78, 5) is 11.9. The van der Waals surface area contributed by atoms with Gasteiger partial charge in [-0.3, -0.25) is 4.79 Å². The molecule has 138 valence electrons. The first-order chi connectivity index (χ1) is 12.4. The fourth-order valence-corrected chi connectivity index (χ4v) is 4.19. The summed E-state index contributed by atoms with van der Waals surface area (Å²) in [6.07, 6.45) is 0. The maximum absolute atomic E-state index is 14.2. The minimum Gasteiger partial charge on any atom is -0.379 e. The molecule has 0 saturated carbocycles. The van der Waals surface area contributed by atoms with E-state index in [0.29, 0.717) is 5.69 Å². The highest BCUT2D eigenvalue weighted by atomic mass is 32.2. The van der Waals surface area contributed by atoms with Crippen molar-refractivity contribution in [2.75, 3.05) is 31.6 Å². The van der Waals surface area contributed by atoms with Gasteiger partial charge in [-0.1, -0.05) is 12.1 Å². The van der Waals surface area contributed by atoms with Gasteiger partial charge in [0, 0.05) is 24.3 Å². The number of morpholine rings is 1. The highest BCUT2D eigenvalue weighted by Crippen LogP contribution is 2.22. The van der Waals surface area contributed by atoms with Gasteiger partial charge in [0.1, 0.15) is 10.7 Å². The lowest BCUT2D eigenvalue weighted by molar-refractivity contribution is 0.0729. The molecule has 1 aliphatic rings. The number of aryl methyl sites for hydroxylation is 1. The molecule has 3 rings (SSSR count). The zero-order chi connectivity index (χ0) is 18.7. The summed E-state index contributed by atoms with van der Waals surface area (Å²) in [5.41, 5.74) is 1.62. The van der Waals surface area contributed by atoms with Gasteiger partial charge in [0.2, 0.25) is 10.0 Å². The van der Waals surface area contributed by atoms with E-state index in [0.717, 1.165) is 22.0 Å². The Morgan fingerprint density at radius 3 is 2.58 bits per heavy atom. The number of anilines is 1. The lowest BCUT2D eigenvalue weighted by Crippen LogP contribution is -2.41. The van der Waals surface area contributed by atoms with Crippen LogP contribution < -0.4 is 5.32 Å². The molecule has 2 aromatic carbocycles. The normalized spacial score (nSPS) is 15.6. The molecule has 8 heteroatoms. The van der Waals surface area contributed by atoms with E-state index in [9.17, 15) is 17.6 Å². The van der Waals surface area contributed by atoms with Crippen LogP contribution in [0.5, 0.6) is 0 Å². The predicted molar refractivity (Wildman–Crippen MR) is 95.1 cm³/mol. The van der Waals surface area contributed by atoms with Crippen molar-refractivity contribution >= 4 is 21.6 Å². The summed E-state index contributed by atoms with van der Waals surface area (Å²) in [6, 6.07) is 10.5. The number of carbonyl (C=O) groups is 1. The molecule has 1 heterocycles. The van der Waals surface area contributed by atoms with Crippen LogP contribution in [0.4, 0.5) is 10.1 Å². The first-order valence-corrected chi connectivity index (χ1v) is 9.57. The predicted octanol–water partition coefficient (Wildman–Crippen LogP) is 2.41. The van der Waals surface area contributed by atoms with Crippen LogP contribution in [-0.4, -0.2) is 44.9 Å². The van der Waals surface area contributed by atoms with Gasteiger partial charge in [0.25, 0.3) is 5.91 Å². The van der Waals surface area contributed by atoms with Gasteiger partial charge < -0.3 is 10.1 Å². The molecule has 0 unspecified atom stereocenters. The van der Waals surface area contributed by atoms with E-state index in [-0.39, 0.29) is 31.9 Å². The summed E-state index contributed by atoms with van der Waals surface area (Å²) in [5, 5.41) is 2.69. The molecule has 1 amide bonds. The van der Waals surface area contributed by atoms with Crippen LogP contribution in [0.1, 0.15) is 15.9 Å². The molecule has 6 nitrogen and oxygen atoms in total. The third-order valence-electron chi connectivity index (χ3n) is 4.06. The second-order valence-corrected chi connectivity index (χ2v) is 7.89. The SMILES string of the molecule is Cc1cccc(NC(=O)c2ccc(F)c(S(=O)(=O)N3CCOCC3)c2)c1. The van der Waals surface area contributed by atoms with Gasteiger partial charge in [-0.2, -0.15) is 4.31 Å². The van der Waals surface area contributed by atoms with Crippen molar-refractivity contribution in [1.29, 1.82) is 0 Å². The molecule has 0 radical (unpaired) electrons. The van der Waals surface area contributed by atoms with Gasteiger partial charge in [-0.15, -0.1) is 0 Å². The molecule has 0 aliphatic carbocycles. The van der Waals surface area contributed by atoms with Crippen molar-refractivity contribution in [1.82, 2.24) is 4.31 Å². The number of rotatable bonds is 4. The third kappa shape index (κ3) is 3.92. The van der Waals surface area contributed by atoms with Crippen LogP contribution in [0.25, 0.3) is 0 Å². The monoisotopic (exact) mass is 378 g/mol. The number of ether oxygens (including phenoxy) is 1. The van der Waals surface area contributed by atoms with E-state index < -0.39 is 26.6 Å². The standard InChI is InChI=1S/C18H19FN2O4S/c1-13-3-2-4-15(11-13)20-18(22)14-5-6-16(19)17(12-14)26(23,24)21-7-9-25-10-8-21/h2-6,11-12H,7-10H2,1H3,(H,20,22). The fourth-order valence-electron chi connectivity index (χ4n) is 2.69. The van der Waals surface area contributed by atoms with Crippen LogP contribution in [-0.2, 0) is 14.8 Å². The first kappa shape index (κ1) is 18.5. The van der Waals surface area contributed by atoms with Crippen molar-refractivity contribution in [2.45, 2.75) is 11.8 Å². The molecular weight excluding hydrogens is 359 g/mol. The average Bonchev–Trinajstić information content (AvgIpc) is 2.62. The maximum atomic E-state index is 14.2. The van der Waals surface area contributed by atoms with Crippen molar-refractivity contribution in [3.05, 3.63) is 59.4 Å². The molecule has 1 fully saturated rings. The number of hydrogen-bond acceptors (Lipinski definition) is 4. The topological polar surface area (TPSA) is 75.7 Å². The molecule has 0 atom stereocenters. The number of hydrogen-bond donors (Lipinski definition) is 1. The van der Waals surface area contributed by atoms with Crippen LogP contribution in [0.15, 0.2) is 47.4 Å². The summed E-state index contributed by atoms with van der Waals surface area (Å²) < 4.78 is 45.9. The summed E-state index contributed by atoms with van der Waals surface area (Å²) in [7, 11) is -4.03. The Hall–Kier alpha value is -2.29. The number of halogens is 1. The fraction of sp³-hybridized carbons (Fsp3) is 0.278. The van der Waals surface area contributed by atoms with Gasteiger partial charge in [0.05, 0.1) is 13.2 Å². The zero-order valence-electron chi connectivity index (χ0n) is 14.2. The molecule has 0 aromatic heterocycles. The van der Waals surface area contributed by atoms with Crippen LogP contribution in [0.2, 0.25) is 0 Å². The molecule has 1 saturated heterocycles. The smallest absolute Gasteiger partial charge is 0.255 e. The van der Waals surface area contributed by atoms with E-state index in [1.165, 1.54) is 6.07 Å².